The molecule has 164 valence electrons. The number of thioether (sulfide) groups is 1. The third kappa shape index (κ3) is 5.25. The van der Waals surface area contributed by atoms with E-state index in [0.29, 0.717) is 42.2 Å². The molecule has 0 aliphatic carbocycles. The van der Waals surface area contributed by atoms with Crippen LogP contribution in [0.5, 0.6) is 0 Å². The number of hydrogen-bond acceptors (Lipinski definition) is 4. The molecular formula is C22H22ClF2N3O2S. The molecule has 0 radical (unpaired) electrons. The molecule has 1 amide bonds. The Morgan fingerprint density at radius 2 is 1.90 bits per heavy atom. The standard InChI is InChI=1S/C22H22ClF2N3O2S/c1-3-27(4-2)20(29)6-5-11-31-22-26-18-9-7-14(23)12-16(18)21(30)28(22)19-10-8-15(24)13-17(19)25/h7-10,12-13H,3-6,11H2,1-2H3. The molecule has 0 N–H and O–H groups in total. The Morgan fingerprint density at radius 1 is 1.16 bits per heavy atom. The summed E-state index contributed by atoms with van der Waals surface area (Å²) in [5, 5.41) is 0.853. The Hall–Kier alpha value is -2.45. The van der Waals surface area contributed by atoms with Gasteiger partial charge in [0.15, 0.2) is 5.16 Å². The lowest BCUT2D eigenvalue weighted by atomic mass is 10.2. The lowest BCUT2D eigenvalue weighted by molar-refractivity contribution is -0.130. The molecule has 5 nitrogen and oxygen atoms in total. The first-order valence-corrected chi connectivity index (χ1v) is 11.3. The van der Waals surface area contributed by atoms with Crippen molar-refractivity contribution in [3.05, 3.63) is 63.4 Å². The maximum absolute atomic E-state index is 14.5. The van der Waals surface area contributed by atoms with E-state index in [4.69, 9.17) is 11.6 Å². The molecule has 0 aliphatic rings. The number of aromatic nitrogens is 2. The van der Waals surface area contributed by atoms with Crippen molar-refractivity contribution in [3.63, 3.8) is 0 Å². The molecule has 0 saturated carbocycles. The maximum Gasteiger partial charge on any atom is 0.266 e. The van der Waals surface area contributed by atoms with Gasteiger partial charge in [0.2, 0.25) is 5.91 Å². The first-order valence-electron chi connectivity index (χ1n) is 9.94. The van der Waals surface area contributed by atoms with Gasteiger partial charge in [-0.3, -0.25) is 14.2 Å². The SMILES string of the molecule is CCN(CC)C(=O)CCCSc1nc2ccc(Cl)cc2c(=O)n1-c1ccc(F)cc1F. The average Bonchev–Trinajstić information content (AvgIpc) is 2.74. The van der Waals surface area contributed by atoms with Gasteiger partial charge in [0.25, 0.3) is 5.56 Å². The molecule has 0 saturated heterocycles. The van der Waals surface area contributed by atoms with Gasteiger partial charge < -0.3 is 4.90 Å². The Kier molecular flexibility index (Phi) is 7.67. The van der Waals surface area contributed by atoms with E-state index in [1.807, 2.05) is 13.8 Å². The van der Waals surface area contributed by atoms with Crippen molar-refractivity contribution in [1.82, 2.24) is 14.5 Å². The number of amides is 1. The Bertz CT molecular complexity index is 1170. The number of fused-ring (bicyclic) bond motifs is 1. The van der Waals surface area contributed by atoms with E-state index in [0.717, 1.165) is 16.7 Å². The summed E-state index contributed by atoms with van der Waals surface area (Å²) in [5.41, 5.74) is -0.169. The molecule has 1 aromatic heterocycles. The fraction of sp³-hybridized carbons (Fsp3) is 0.318. The van der Waals surface area contributed by atoms with Gasteiger partial charge in [0.1, 0.15) is 11.6 Å². The highest BCUT2D eigenvalue weighted by Crippen LogP contribution is 2.25. The van der Waals surface area contributed by atoms with Crippen molar-refractivity contribution in [2.45, 2.75) is 31.8 Å². The summed E-state index contributed by atoms with van der Waals surface area (Å²) in [4.78, 5) is 31.6. The second-order valence-electron chi connectivity index (χ2n) is 6.81. The summed E-state index contributed by atoms with van der Waals surface area (Å²) in [6.07, 6.45) is 0.938. The number of benzene rings is 2. The van der Waals surface area contributed by atoms with E-state index >= 15 is 0 Å². The van der Waals surface area contributed by atoms with Crippen molar-refractivity contribution in [2.24, 2.45) is 0 Å². The normalized spacial score (nSPS) is 11.1. The highest BCUT2D eigenvalue weighted by molar-refractivity contribution is 7.99. The minimum atomic E-state index is -0.871. The van der Waals surface area contributed by atoms with Gasteiger partial charge >= 0.3 is 0 Å². The van der Waals surface area contributed by atoms with Crippen molar-refractivity contribution in [2.75, 3.05) is 18.8 Å². The first-order chi connectivity index (χ1) is 14.8. The summed E-state index contributed by atoms with van der Waals surface area (Å²) in [5.74, 6) is -1.05. The fourth-order valence-electron chi connectivity index (χ4n) is 3.23. The second kappa shape index (κ2) is 10.2. The molecule has 1 heterocycles. The van der Waals surface area contributed by atoms with Crippen molar-refractivity contribution < 1.29 is 13.6 Å². The van der Waals surface area contributed by atoms with Gasteiger partial charge in [-0.1, -0.05) is 23.4 Å². The molecule has 31 heavy (non-hydrogen) atoms. The molecule has 2 aromatic carbocycles. The number of rotatable bonds is 8. The molecule has 0 fully saturated rings. The molecule has 3 rings (SSSR count). The lowest BCUT2D eigenvalue weighted by Crippen LogP contribution is -2.30. The van der Waals surface area contributed by atoms with E-state index in [1.54, 1.807) is 17.0 Å². The summed E-state index contributed by atoms with van der Waals surface area (Å²) >= 11 is 7.27. The van der Waals surface area contributed by atoms with E-state index in [1.165, 1.54) is 23.9 Å². The number of nitrogens with zero attached hydrogens (tertiary/aromatic N) is 3. The van der Waals surface area contributed by atoms with Crippen molar-refractivity contribution in [1.29, 1.82) is 0 Å². The molecule has 0 unspecified atom stereocenters. The van der Waals surface area contributed by atoms with Crippen LogP contribution in [-0.4, -0.2) is 39.2 Å². The van der Waals surface area contributed by atoms with Gasteiger partial charge in [0.05, 0.1) is 16.6 Å². The molecular weight excluding hydrogens is 444 g/mol. The molecule has 9 heteroatoms. The lowest BCUT2D eigenvalue weighted by Gasteiger charge is -2.18. The Morgan fingerprint density at radius 3 is 2.58 bits per heavy atom. The summed E-state index contributed by atoms with van der Waals surface area (Å²) in [6.45, 7) is 5.16. The Labute approximate surface area is 188 Å². The number of carbonyl (C=O) groups is 1. The topological polar surface area (TPSA) is 55.2 Å². The largest absolute Gasteiger partial charge is 0.343 e. The van der Waals surface area contributed by atoms with E-state index < -0.39 is 17.2 Å². The summed E-state index contributed by atoms with van der Waals surface area (Å²) in [6, 6.07) is 7.74. The van der Waals surface area contributed by atoms with Crippen LogP contribution in [0, 0.1) is 11.6 Å². The monoisotopic (exact) mass is 465 g/mol. The van der Waals surface area contributed by atoms with Crippen LogP contribution in [0.3, 0.4) is 0 Å². The van der Waals surface area contributed by atoms with Crippen LogP contribution >= 0.6 is 23.4 Å². The van der Waals surface area contributed by atoms with Crippen molar-refractivity contribution in [3.8, 4) is 5.69 Å². The highest BCUT2D eigenvalue weighted by Gasteiger charge is 2.17. The number of carbonyl (C=O) groups excluding carboxylic acids is 1. The predicted octanol–water partition coefficient (Wildman–Crippen LogP) is 5.06. The first kappa shape index (κ1) is 23.2. The van der Waals surface area contributed by atoms with E-state index in [9.17, 15) is 18.4 Å². The van der Waals surface area contributed by atoms with Gasteiger partial charge in [-0.05, 0) is 50.6 Å². The number of halogens is 3. The average molecular weight is 466 g/mol. The Balaban J connectivity index is 1.95. The smallest absolute Gasteiger partial charge is 0.266 e. The highest BCUT2D eigenvalue weighted by atomic mass is 35.5. The van der Waals surface area contributed by atoms with Gasteiger partial charge in [0, 0.05) is 36.4 Å². The second-order valence-corrected chi connectivity index (χ2v) is 8.31. The molecule has 0 bridgehead atoms. The quantitative estimate of drug-likeness (QED) is 0.265. The zero-order chi connectivity index (χ0) is 22.5. The van der Waals surface area contributed by atoms with Crippen LogP contribution in [-0.2, 0) is 4.79 Å². The zero-order valence-corrected chi connectivity index (χ0v) is 18.8. The van der Waals surface area contributed by atoms with Crippen LogP contribution in [0.25, 0.3) is 16.6 Å². The van der Waals surface area contributed by atoms with Crippen LogP contribution in [0.4, 0.5) is 8.78 Å². The predicted molar refractivity (Wildman–Crippen MR) is 120 cm³/mol. The molecule has 3 aromatic rings. The minimum Gasteiger partial charge on any atom is -0.343 e. The summed E-state index contributed by atoms with van der Waals surface area (Å²) < 4.78 is 29.1. The molecule has 0 spiro atoms. The van der Waals surface area contributed by atoms with Crippen LogP contribution < -0.4 is 5.56 Å². The zero-order valence-electron chi connectivity index (χ0n) is 17.2. The van der Waals surface area contributed by atoms with Crippen LogP contribution in [0.1, 0.15) is 26.7 Å². The molecule has 0 aliphatic heterocycles. The maximum atomic E-state index is 14.5. The van der Waals surface area contributed by atoms with Gasteiger partial charge in [-0.15, -0.1) is 0 Å². The van der Waals surface area contributed by atoms with Gasteiger partial charge in [-0.2, -0.15) is 0 Å². The third-order valence-electron chi connectivity index (χ3n) is 4.83. The van der Waals surface area contributed by atoms with Crippen LogP contribution in [0.2, 0.25) is 5.02 Å². The third-order valence-corrected chi connectivity index (χ3v) is 6.09. The van der Waals surface area contributed by atoms with E-state index in [2.05, 4.69) is 4.98 Å². The van der Waals surface area contributed by atoms with Gasteiger partial charge in [-0.25, -0.2) is 13.8 Å². The van der Waals surface area contributed by atoms with Crippen molar-refractivity contribution >= 4 is 40.2 Å². The summed E-state index contributed by atoms with van der Waals surface area (Å²) in [7, 11) is 0. The number of hydrogen-bond donors (Lipinski definition) is 0. The fourth-order valence-corrected chi connectivity index (χ4v) is 4.35. The molecule has 0 atom stereocenters. The minimum absolute atomic E-state index is 0.0636. The van der Waals surface area contributed by atoms with Crippen LogP contribution in [0.15, 0.2) is 46.3 Å². The van der Waals surface area contributed by atoms with E-state index in [-0.39, 0.29) is 22.1 Å².